The van der Waals surface area contributed by atoms with E-state index < -0.39 is 17.6 Å². The molecule has 1 heterocycles. The lowest BCUT2D eigenvalue weighted by atomic mass is 10.1. The molecule has 0 aromatic rings. The van der Waals surface area contributed by atoms with Crippen LogP contribution in [0.4, 0.5) is 0 Å². The zero-order chi connectivity index (χ0) is 15.2. The first-order valence-electron chi connectivity index (χ1n) is 7.00. The number of carbonyl (C=O) groups excluding carboxylic acids is 2. The van der Waals surface area contributed by atoms with Gasteiger partial charge in [-0.25, -0.2) is 4.79 Å². The molecule has 0 spiro atoms. The predicted octanol–water partition coefficient (Wildman–Crippen LogP) is 1.03. The van der Waals surface area contributed by atoms with Crippen molar-refractivity contribution in [3.05, 3.63) is 0 Å². The highest BCUT2D eigenvalue weighted by atomic mass is 16.5. The van der Waals surface area contributed by atoms with E-state index in [0.29, 0.717) is 6.61 Å². The van der Waals surface area contributed by atoms with Gasteiger partial charge in [-0.2, -0.15) is 0 Å². The number of nitrogens with one attached hydrogen (secondary N) is 1. The lowest BCUT2D eigenvalue weighted by Gasteiger charge is -2.27. The molecule has 1 fully saturated rings. The Hall–Kier alpha value is -1.14. The fourth-order valence-corrected chi connectivity index (χ4v) is 1.98. The first-order chi connectivity index (χ1) is 9.36. The van der Waals surface area contributed by atoms with E-state index in [0.717, 1.165) is 25.9 Å². The third kappa shape index (κ3) is 5.09. The van der Waals surface area contributed by atoms with Crippen LogP contribution in [0.2, 0.25) is 0 Å². The largest absolute Gasteiger partial charge is 0.467 e. The van der Waals surface area contributed by atoms with Crippen LogP contribution in [0.1, 0.15) is 40.0 Å². The number of esters is 1. The smallest absolute Gasteiger partial charge is 0.330 e. The van der Waals surface area contributed by atoms with Gasteiger partial charge in [-0.05, 0) is 40.0 Å². The number of carbonyl (C=O) groups is 2. The quantitative estimate of drug-likeness (QED) is 0.739. The molecule has 1 rings (SSSR count). The van der Waals surface area contributed by atoms with Crippen molar-refractivity contribution in [2.45, 2.75) is 57.8 Å². The average Bonchev–Trinajstić information content (AvgIpc) is 2.44. The zero-order valence-electron chi connectivity index (χ0n) is 12.7. The molecule has 0 aromatic carbocycles. The maximum absolute atomic E-state index is 12.0. The van der Waals surface area contributed by atoms with Gasteiger partial charge in [0.25, 0.3) is 0 Å². The van der Waals surface area contributed by atoms with Crippen molar-refractivity contribution in [1.82, 2.24) is 5.32 Å². The number of amides is 1. The molecule has 1 N–H and O–H groups in total. The number of hydrogen-bond donors (Lipinski definition) is 1. The van der Waals surface area contributed by atoms with Gasteiger partial charge in [0, 0.05) is 6.61 Å². The Morgan fingerprint density at radius 2 is 2.10 bits per heavy atom. The molecular formula is C14H25NO5. The molecule has 0 aliphatic carbocycles. The van der Waals surface area contributed by atoms with E-state index in [1.165, 1.54) is 7.11 Å². The maximum atomic E-state index is 12.0. The van der Waals surface area contributed by atoms with Crippen LogP contribution in [0.25, 0.3) is 0 Å². The molecule has 6 nitrogen and oxygen atoms in total. The van der Waals surface area contributed by atoms with Crippen LogP contribution in [-0.4, -0.2) is 49.9 Å². The molecule has 2 atom stereocenters. The van der Waals surface area contributed by atoms with Crippen LogP contribution in [0.15, 0.2) is 0 Å². The Morgan fingerprint density at radius 3 is 2.65 bits per heavy atom. The van der Waals surface area contributed by atoms with Crippen LogP contribution in [0.5, 0.6) is 0 Å². The highest BCUT2D eigenvalue weighted by molar-refractivity contribution is 5.89. The first kappa shape index (κ1) is 16.9. The summed E-state index contributed by atoms with van der Waals surface area (Å²) in [5.41, 5.74) is -1.06. The van der Waals surface area contributed by atoms with Crippen molar-refractivity contribution in [1.29, 1.82) is 0 Å². The number of hydrogen-bond acceptors (Lipinski definition) is 5. The molecule has 1 aliphatic rings. The number of rotatable bonds is 6. The minimum Gasteiger partial charge on any atom is -0.467 e. The Labute approximate surface area is 120 Å². The minimum atomic E-state index is -1.06. The third-order valence-corrected chi connectivity index (χ3v) is 3.31. The molecule has 1 amide bonds. The Balaban J connectivity index is 2.36. The van der Waals surface area contributed by atoms with E-state index in [4.69, 9.17) is 9.47 Å². The molecular weight excluding hydrogens is 262 g/mol. The molecule has 20 heavy (non-hydrogen) atoms. The molecule has 0 saturated carbocycles. The molecule has 6 heteroatoms. The van der Waals surface area contributed by atoms with Crippen LogP contribution in [-0.2, 0) is 23.8 Å². The van der Waals surface area contributed by atoms with Crippen LogP contribution in [0.3, 0.4) is 0 Å². The molecule has 1 saturated heterocycles. The summed E-state index contributed by atoms with van der Waals surface area (Å²) in [6.07, 6.45) is 2.60. The minimum absolute atomic E-state index is 0.0626. The van der Waals surface area contributed by atoms with Crippen molar-refractivity contribution in [2.75, 3.05) is 20.3 Å². The molecule has 116 valence electrons. The summed E-state index contributed by atoms with van der Waals surface area (Å²) < 4.78 is 15.7. The molecule has 1 aliphatic heterocycles. The Kier molecular flexibility index (Phi) is 6.42. The summed E-state index contributed by atoms with van der Waals surface area (Å²) in [4.78, 5) is 23.5. The van der Waals surface area contributed by atoms with Gasteiger partial charge >= 0.3 is 5.97 Å². The summed E-state index contributed by atoms with van der Waals surface area (Å²) in [5, 5.41) is 2.62. The second-order valence-electron chi connectivity index (χ2n) is 5.57. The van der Waals surface area contributed by atoms with Gasteiger partial charge in [0.15, 0.2) is 0 Å². The van der Waals surface area contributed by atoms with Crippen LogP contribution in [0, 0.1) is 0 Å². The normalized spacial score (nSPS) is 21.1. The summed E-state index contributed by atoms with van der Waals surface area (Å²) in [6.45, 7) is 5.99. The highest BCUT2D eigenvalue weighted by Gasteiger charge is 2.32. The van der Waals surface area contributed by atoms with E-state index in [2.05, 4.69) is 10.1 Å². The summed E-state index contributed by atoms with van der Waals surface area (Å²) >= 11 is 0. The second-order valence-corrected chi connectivity index (χ2v) is 5.57. The Bertz CT molecular complexity index is 336. The van der Waals surface area contributed by atoms with E-state index in [1.54, 1.807) is 20.8 Å². The van der Waals surface area contributed by atoms with Crippen molar-refractivity contribution in [2.24, 2.45) is 0 Å². The topological polar surface area (TPSA) is 73.9 Å². The summed E-state index contributed by atoms with van der Waals surface area (Å²) in [6, 6.07) is 0. The van der Waals surface area contributed by atoms with Gasteiger partial charge < -0.3 is 19.5 Å². The van der Waals surface area contributed by atoms with E-state index >= 15 is 0 Å². The zero-order valence-corrected chi connectivity index (χ0v) is 12.7. The lowest BCUT2D eigenvalue weighted by molar-refractivity contribution is -0.151. The van der Waals surface area contributed by atoms with E-state index in [1.807, 2.05) is 0 Å². The van der Waals surface area contributed by atoms with Crippen molar-refractivity contribution >= 4 is 11.9 Å². The van der Waals surface area contributed by atoms with Gasteiger partial charge in [-0.3, -0.25) is 4.79 Å². The van der Waals surface area contributed by atoms with Gasteiger partial charge in [-0.1, -0.05) is 0 Å². The monoisotopic (exact) mass is 287 g/mol. The van der Waals surface area contributed by atoms with Gasteiger partial charge in [0.1, 0.15) is 11.6 Å². The standard InChI is InChI=1S/C14H25NO5/c1-10(20-9-11-7-5-6-8-19-11)12(16)15-14(2,3)13(17)18-4/h10-11H,5-9H2,1-4H3,(H,15,16). The van der Waals surface area contributed by atoms with Crippen LogP contribution < -0.4 is 5.32 Å². The van der Waals surface area contributed by atoms with Crippen LogP contribution >= 0.6 is 0 Å². The fraction of sp³-hybridized carbons (Fsp3) is 0.857. The molecule has 0 aromatic heterocycles. The fourth-order valence-electron chi connectivity index (χ4n) is 1.98. The third-order valence-electron chi connectivity index (χ3n) is 3.31. The van der Waals surface area contributed by atoms with Crippen molar-refractivity contribution in [3.63, 3.8) is 0 Å². The highest BCUT2D eigenvalue weighted by Crippen LogP contribution is 2.13. The summed E-state index contributed by atoms with van der Waals surface area (Å²) in [7, 11) is 1.29. The Morgan fingerprint density at radius 1 is 1.40 bits per heavy atom. The lowest BCUT2D eigenvalue weighted by Crippen LogP contribution is -2.53. The van der Waals surface area contributed by atoms with E-state index in [9.17, 15) is 9.59 Å². The number of methoxy groups -OCH3 is 1. The molecule has 2 unspecified atom stereocenters. The average molecular weight is 287 g/mol. The second kappa shape index (κ2) is 7.59. The SMILES string of the molecule is COC(=O)C(C)(C)NC(=O)C(C)OCC1CCCCO1. The summed E-state index contributed by atoms with van der Waals surface area (Å²) in [5.74, 6) is -0.829. The maximum Gasteiger partial charge on any atom is 0.330 e. The van der Waals surface area contributed by atoms with Crippen molar-refractivity contribution in [3.8, 4) is 0 Å². The predicted molar refractivity (Wildman–Crippen MR) is 73.2 cm³/mol. The molecule has 0 radical (unpaired) electrons. The molecule has 0 bridgehead atoms. The number of ether oxygens (including phenoxy) is 3. The van der Waals surface area contributed by atoms with Gasteiger partial charge in [0.05, 0.1) is 19.8 Å². The van der Waals surface area contributed by atoms with Gasteiger partial charge in [-0.15, -0.1) is 0 Å². The van der Waals surface area contributed by atoms with E-state index in [-0.39, 0.29) is 12.0 Å². The van der Waals surface area contributed by atoms with Gasteiger partial charge in [0.2, 0.25) is 5.91 Å². The first-order valence-corrected chi connectivity index (χ1v) is 7.00. The van der Waals surface area contributed by atoms with Crippen molar-refractivity contribution < 1.29 is 23.8 Å².